The van der Waals surface area contributed by atoms with Crippen molar-refractivity contribution in [3.05, 3.63) is 102 Å². The van der Waals surface area contributed by atoms with Crippen molar-refractivity contribution in [1.82, 2.24) is 30.4 Å². The summed E-state index contributed by atoms with van der Waals surface area (Å²) in [6.45, 7) is 3.10. The van der Waals surface area contributed by atoms with Crippen molar-refractivity contribution in [3.8, 4) is 28.1 Å². The number of likely N-dealkylation sites (tertiary alicyclic amines) is 2. The number of aromatic nitrogens is 2. The zero-order valence-corrected chi connectivity index (χ0v) is 37.5. The molecule has 3 fully saturated rings. The zero-order chi connectivity index (χ0) is 45.8. The number of alkyl carbamates (subject to hydrolysis) is 2. The normalized spacial score (nSPS) is 22.5. The van der Waals surface area contributed by atoms with Crippen molar-refractivity contribution in [1.29, 1.82) is 0 Å². The second-order valence-electron chi connectivity index (χ2n) is 17.9. The Morgan fingerprint density at radius 1 is 0.879 bits per heavy atom. The van der Waals surface area contributed by atoms with Gasteiger partial charge in [-0.25, -0.2) is 14.6 Å². The summed E-state index contributed by atoms with van der Waals surface area (Å²) in [5.74, 6) is 1.53. The molecule has 5 aliphatic rings. The maximum Gasteiger partial charge on any atom is 0.407 e. The molecule has 16 nitrogen and oxygen atoms in total. The van der Waals surface area contributed by atoms with Crippen molar-refractivity contribution in [2.24, 2.45) is 16.8 Å². The van der Waals surface area contributed by atoms with Gasteiger partial charge in [0.25, 0.3) is 0 Å². The molecule has 4 aliphatic heterocycles. The van der Waals surface area contributed by atoms with Gasteiger partial charge < -0.3 is 49.1 Å². The van der Waals surface area contributed by atoms with Gasteiger partial charge in [-0.15, -0.1) is 0 Å². The summed E-state index contributed by atoms with van der Waals surface area (Å²) < 4.78 is 27.3. The van der Waals surface area contributed by atoms with Crippen LogP contribution in [0.5, 0.6) is 5.75 Å². The van der Waals surface area contributed by atoms with Crippen LogP contribution < -0.4 is 15.4 Å². The summed E-state index contributed by atoms with van der Waals surface area (Å²) in [5.41, 5.74) is 8.43. The Morgan fingerprint density at radius 2 is 1.68 bits per heavy atom. The molecular formula is C50H53N7O9. The molecule has 2 saturated heterocycles. The highest BCUT2D eigenvalue weighted by Gasteiger charge is 2.56. The average molecular weight is 896 g/mol. The Kier molecular flexibility index (Phi) is 11.5. The van der Waals surface area contributed by atoms with Crippen LogP contribution in [0.1, 0.15) is 60.8 Å². The van der Waals surface area contributed by atoms with Crippen LogP contribution in [0.4, 0.5) is 15.3 Å². The molecule has 5 heterocycles. The van der Waals surface area contributed by atoms with Crippen LogP contribution >= 0.6 is 0 Å². The molecule has 4 amide bonds. The molecule has 342 valence electrons. The Labute approximate surface area is 382 Å². The number of H-pyrrole nitrogens is 1. The van der Waals surface area contributed by atoms with Gasteiger partial charge in [-0.05, 0) is 95.0 Å². The largest absolute Gasteiger partial charge is 0.488 e. The molecule has 0 radical (unpaired) electrons. The number of aromatic amines is 1. The molecular weight excluding hydrogens is 843 g/mol. The third-order valence-corrected chi connectivity index (χ3v) is 14.0. The van der Waals surface area contributed by atoms with Gasteiger partial charge in [0.05, 0.1) is 56.6 Å². The Morgan fingerprint density at radius 3 is 2.45 bits per heavy atom. The Balaban J connectivity index is 0.883. The highest BCUT2D eigenvalue weighted by molar-refractivity contribution is 6.07. The minimum Gasteiger partial charge on any atom is -0.488 e. The number of fused-ring (bicyclic) bond motifs is 7. The van der Waals surface area contributed by atoms with E-state index in [1.54, 1.807) is 14.0 Å². The van der Waals surface area contributed by atoms with Crippen molar-refractivity contribution in [3.63, 3.8) is 0 Å². The van der Waals surface area contributed by atoms with Crippen molar-refractivity contribution >= 4 is 46.2 Å². The van der Waals surface area contributed by atoms with Gasteiger partial charge in [-0.1, -0.05) is 48.5 Å². The van der Waals surface area contributed by atoms with Crippen molar-refractivity contribution in [2.45, 2.75) is 75.5 Å². The number of imidazole rings is 1. The third kappa shape index (κ3) is 7.81. The number of piperidine rings is 1. The highest BCUT2D eigenvalue weighted by Crippen LogP contribution is 2.53. The lowest BCUT2D eigenvalue weighted by atomic mass is 9.90. The molecule has 1 aromatic heterocycles. The third-order valence-electron chi connectivity index (χ3n) is 14.0. The van der Waals surface area contributed by atoms with E-state index >= 15 is 0 Å². The van der Waals surface area contributed by atoms with Gasteiger partial charge in [0.1, 0.15) is 30.3 Å². The van der Waals surface area contributed by atoms with Gasteiger partial charge in [-0.2, -0.15) is 0 Å². The molecule has 3 N–H and O–H groups in total. The van der Waals surface area contributed by atoms with Crippen LogP contribution in [0.15, 0.2) is 84.0 Å². The maximum atomic E-state index is 14.5. The molecule has 0 spiro atoms. The van der Waals surface area contributed by atoms with E-state index in [4.69, 9.17) is 33.7 Å². The van der Waals surface area contributed by atoms with E-state index in [1.165, 1.54) is 21.3 Å². The number of rotatable bonds is 12. The highest BCUT2D eigenvalue weighted by atomic mass is 16.5. The minimum absolute atomic E-state index is 0.0911. The van der Waals surface area contributed by atoms with Crippen LogP contribution in [0.3, 0.4) is 0 Å². The number of aliphatic imine (C=N–C) groups is 1. The second kappa shape index (κ2) is 17.5. The van der Waals surface area contributed by atoms with Gasteiger partial charge in [-0.3, -0.25) is 14.6 Å². The quantitative estimate of drug-likeness (QED) is 0.120. The molecule has 16 heteroatoms. The zero-order valence-electron chi connectivity index (χ0n) is 37.5. The van der Waals surface area contributed by atoms with Crippen molar-refractivity contribution < 1.29 is 42.9 Å². The molecule has 0 bridgehead atoms. The maximum absolute atomic E-state index is 14.5. The number of amides is 4. The van der Waals surface area contributed by atoms with Crippen LogP contribution in [0.2, 0.25) is 0 Å². The molecule has 10 rings (SSSR count). The van der Waals surface area contributed by atoms with Crippen LogP contribution in [0.25, 0.3) is 33.2 Å². The summed E-state index contributed by atoms with van der Waals surface area (Å²) in [5, 5.41) is 7.55. The van der Waals surface area contributed by atoms with E-state index in [-0.39, 0.29) is 35.9 Å². The number of hydrogen-bond acceptors (Lipinski definition) is 11. The molecule has 66 heavy (non-hydrogen) atoms. The number of carbonyl (C=O) groups is 4. The van der Waals surface area contributed by atoms with Gasteiger partial charge >= 0.3 is 12.2 Å². The second-order valence-corrected chi connectivity index (χ2v) is 17.9. The first-order chi connectivity index (χ1) is 32.1. The van der Waals surface area contributed by atoms with Gasteiger partial charge in [0.2, 0.25) is 11.8 Å². The first kappa shape index (κ1) is 43.1. The van der Waals surface area contributed by atoms with E-state index in [2.05, 4.69) is 58.1 Å². The number of nitrogens with zero attached hydrogens (tertiary/aromatic N) is 4. The lowest BCUT2D eigenvalue weighted by molar-refractivity contribution is -0.139. The summed E-state index contributed by atoms with van der Waals surface area (Å²) in [6, 6.07) is 21.7. The van der Waals surface area contributed by atoms with E-state index in [1.807, 2.05) is 46.3 Å². The summed E-state index contributed by atoms with van der Waals surface area (Å²) in [6.07, 6.45) is 2.84. The lowest BCUT2D eigenvalue weighted by Crippen LogP contribution is -2.54. The average Bonchev–Trinajstić information content (AvgIpc) is 3.81. The Hall–Kier alpha value is -6.78. The molecule has 8 atom stereocenters. The van der Waals surface area contributed by atoms with E-state index in [0.29, 0.717) is 49.9 Å². The Bertz CT molecular complexity index is 2760. The standard InChI is InChI=1S/C50H53N7O9/c1-26(63-3)44(54-49(60)64-4)48(59)57-40-18-31(40)19-42(57)46-51-22-39(53-46)30-11-13-33-32(16-30)25-66-43-21-34-29(17-36(33)43)12-14-37-35(34)20-38(52-37)41-15-27(24-62-2)23-56(41)47(58)45(55-50(61)65-5)28-9-7-6-8-10-28/h6-14,16-17,21-22,26-27,31,40-42,44-45H,15,18-20,23-25H2,1-5H3,(H,51,53)(H,54,60)(H,55,61)/t26-,27+,31?,40-,41+,42+,44-,45?/m1/s1. The fourth-order valence-electron chi connectivity index (χ4n) is 10.5. The smallest absolute Gasteiger partial charge is 0.407 e. The summed E-state index contributed by atoms with van der Waals surface area (Å²) >= 11 is 0. The number of methoxy groups -OCH3 is 4. The van der Waals surface area contributed by atoms with E-state index < -0.39 is 30.4 Å². The predicted octanol–water partition coefficient (Wildman–Crippen LogP) is 6.80. The summed E-state index contributed by atoms with van der Waals surface area (Å²) in [4.78, 5) is 70.3. The number of carbonyl (C=O) groups excluding carboxylic acids is 4. The number of hydrogen-bond donors (Lipinski definition) is 3. The summed E-state index contributed by atoms with van der Waals surface area (Å²) in [7, 11) is 5.74. The first-order valence-electron chi connectivity index (χ1n) is 22.4. The van der Waals surface area contributed by atoms with Gasteiger partial charge in [0.15, 0.2) is 0 Å². The van der Waals surface area contributed by atoms with Crippen LogP contribution in [0, 0.1) is 11.8 Å². The molecule has 5 aromatic rings. The SMILES string of the molecule is COC[C@H]1C[C@@H](C2=Nc3ccc4cc5c(cc4c3C2)OCc2cc(-c3cnc([C@@H]4CC6C[C@H]6N4C(=O)[C@H](NC(=O)OC)[C@@H](C)OC)[nH]3)ccc2-5)N(C(=O)C(NC(=O)OC)c2ccccc2)C1. The molecule has 1 aliphatic carbocycles. The van der Waals surface area contributed by atoms with E-state index in [0.717, 1.165) is 74.3 Å². The minimum atomic E-state index is -0.930. The van der Waals surface area contributed by atoms with Crippen molar-refractivity contribution in [2.75, 3.05) is 41.6 Å². The van der Waals surface area contributed by atoms with Crippen LogP contribution in [-0.2, 0) is 41.6 Å². The molecule has 1 saturated carbocycles. The first-order valence-corrected chi connectivity index (χ1v) is 22.4. The molecule has 4 aromatic carbocycles. The van der Waals surface area contributed by atoms with E-state index in [9.17, 15) is 19.2 Å². The predicted molar refractivity (Wildman–Crippen MR) is 244 cm³/mol. The fraction of sp³-hybridized carbons (Fsp3) is 0.400. The number of ether oxygens (including phenoxy) is 5. The fourth-order valence-corrected chi connectivity index (χ4v) is 10.5. The molecule has 2 unspecified atom stereocenters. The number of benzene rings is 4. The van der Waals surface area contributed by atoms with Crippen LogP contribution in [-0.4, -0.2) is 115 Å². The lowest BCUT2D eigenvalue weighted by Gasteiger charge is -2.32. The van der Waals surface area contributed by atoms with Gasteiger partial charge in [0, 0.05) is 50.4 Å². The number of nitrogens with one attached hydrogen (secondary N) is 3. The topological polar surface area (TPSA) is 186 Å². The monoisotopic (exact) mass is 895 g/mol.